The maximum atomic E-state index is 12.9. The monoisotopic (exact) mass is 365 g/mol. The fraction of sp³-hybridized carbons (Fsp3) is 0.263. The van der Waals surface area contributed by atoms with E-state index in [2.05, 4.69) is 10.1 Å². The highest BCUT2D eigenvalue weighted by atomic mass is 16.5. The molecule has 4 heterocycles. The van der Waals surface area contributed by atoms with Crippen LogP contribution in [0.5, 0.6) is 11.6 Å². The van der Waals surface area contributed by atoms with Gasteiger partial charge in [-0.3, -0.25) is 19.4 Å². The van der Waals surface area contributed by atoms with Crippen molar-refractivity contribution < 1.29 is 14.3 Å². The van der Waals surface area contributed by atoms with Crippen molar-refractivity contribution in [3.05, 3.63) is 47.5 Å². The molecule has 0 bridgehead atoms. The first-order chi connectivity index (χ1) is 13.0. The fourth-order valence-electron chi connectivity index (χ4n) is 3.28. The molecule has 4 rings (SSSR count). The number of nitrogens with zero attached hydrogens (tertiary/aromatic N) is 5. The maximum Gasteiger partial charge on any atom is 0.260 e. The second kappa shape index (κ2) is 6.39. The third kappa shape index (κ3) is 2.79. The van der Waals surface area contributed by atoms with Gasteiger partial charge in [-0.05, 0) is 24.6 Å². The number of aryl methyl sites for hydroxylation is 2. The highest BCUT2D eigenvalue weighted by molar-refractivity contribution is 6.10. The van der Waals surface area contributed by atoms with Crippen LogP contribution in [-0.4, -0.2) is 39.9 Å². The first kappa shape index (κ1) is 17.0. The smallest absolute Gasteiger partial charge is 0.260 e. The summed E-state index contributed by atoms with van der Waals surface area (Å²) in [4.78, 5) is 23.5. The van der Waals surface area contributed by atoms with Crippen molar-refractivity contribution in [2.45, 2.75) is 13.5 Å². The van der Waals surface area contributed by atoms with Gasteiger partial charge in [0.05, 0.1) is 49.6 Å². The zero-order valence-corrected chi connectivity index (χ0v) is 15.6. The second-order valence-corrected chi connectivity index (χ2v) is 6.35. The molecule has 3 aromatic rings. The van der Waals surface area contributed by atoms with Crippen LogP contribution >= 0.6 is 0 Å². The molecule has 0 aliphatic carbocycles. The summed E-state index contributed by atoms with van der Waals surface area (Å²) in [6.07, 6.45) is 5.18. The number of pyridine rings is 2. The van der Waals surface area contributed by atoms with Gasteiger partial charge in [-0.15, -0.1) is 0 Å². The van der Waals surface area contributed by atoms with E-state index in [4.69, 9.17) is 14.5 Å². The number of aromatic nitrogens is 4. The molecule has 0 fully saturated rings. The summed E-state index contributed by atoms with van der Waals surface area (Å²) < 4.78 is 12.2. The second-order valence-electron chi connectivity index (χ2n) is 6.35. The lowest BCUT2D eigenvalue weighted by Gasteiger charge is -2.11. The van der Waals surface area contributed by atoms with Crippen LogP contribution in [0.25, 0.3) is 11.3 Å². The first-order valence-corrected chi connectivity index (χ1v) is 8.41. The minimum absolute atomic E-state index is 0.0556. The summed E-state index contributed by atoms with van der Waals surface area (Å²) in [6, 6.07) is 3.72. The molecule has 0 saturated heterocycles. The van der Waals surface area contributed by atoms with Crippen molar-refractivity contribution in [1.29, 1.82) is 0 Å². The van der Waals surface area contributed by atoms with Crippen LogP contribution in [0, 0.1) is 6.92 Å². The highest BCUT2D eigenvalue weighted by Gasteiger charge is 2.32. The molecule has 0 atom stereocenters. The summed E-state index contributed by atoms with van der Waals surface area (Å²) in [5, 5.41) is 4.15. The lowest BCUT2D eigenvalue weighted by Crippen LogP contribution is -2.22. The number of carbonyl (C=O) groups excluding carboxylic acids is 1. The number of hydrogen-bond donors (Lipinski definition) is 0. The highest BCUT2D eigenvalue weighted by Crippen LogP contribution is 2.33. The predicted octanol–water partition coefficient (Wildman–Crippen LogP) is 2.36. The van der Waals surface area contributed by atoms with E-state index in [1.165, 1.54) is 0 Å². The molecule has 138 valence electrons. The van der Waals surface area contributed by atoms with Crippen LogP contribution in [0.3, 0.4) is 0 Å². The van der Waals surface area contributed by atoms with Crippen molar-refractivity contribution in [2.24, 2.45) is 7.05 Å². The molecule has 1 aliphatic rings. The Balaban J connectivity index is 1.74. The maximum absolute atomic E-state index is 12.9. The molecule has 3 aromatic heterocycles. The van der Waals surface area contributed by atoms with Crippen LogP contribution in [0.4, 0.5) is 5.69 Å². The van der Waals surface area contributed by atoms with Gasteiger partial charge < -0.3 is 9.47 Å². The third-order valence-corrected chi connectivity index (χ3v) is 4.59. The number of hydrogen-bond acceptors (Lipinski definition) is 6. The summed E-state index contributed by atoms with van der Waals surface area (Å²) >= 11 is 0. The number of methoxy groups -OCH3 is 2. The standard InChI is InChI=1S/C19H19N5O3/c1-11-5-14(12-6-16(26-3)18(27-4)20-7-12)22-15-10-24(19(25)17(11)15)13-8-21-23(2)9-13/h5-9H,10H2,1-4H3. The first-order valence-electron chi connectivity index (χ1n) is 8.41. The number of amides is 1. The van der Waals surface area contributed by atoms with Gasteiger partial charge in [0, 0.05) is 25.0 Å². The molecule has 0 radical (unpaired) electrons. The van der Waals surface area contributed by atoms with Gasteiger partial charge >= 0.3 is 0 Å². The largest absolute Gasteiger partial charge is 0.491 e. The van der Waals surface area contributed by atoms with Gasteiger partial charge in [0.2, 0.25) is 0 Å². The van der Waals surface area contributed by atoms with E-state index in [1.807, 2.05) is 32.3 Å². The Hall–Kier alpha value is -3.42. The summed E-state index contributed by atoms with van der Waals surface area (Å²) in [5.41, 5.74) is 4.56. The predicted molar refractivity (Wildman–Crippen MR) is 99.0 cm³/mol. The van der Waals surface area contributed by atoms with Crippen molar-refractivity contribution >= 4 is 11.6 Å². The average molecular weight is 365 g/mol. The van der Waals surface area contributed by atoms with E-state index in [0.717, 1.165) is 28.2 Å². The Morgan fingerprint density at radius 1 is 1.15 bits per heavy atom. The van der Waals surface area contributed by atoms with Crippen molar-refractivity contribution in [3.63, 3.8) is 0 Å². The van der Waals surface area contributed by atoms with Gasteiger partial charge in [0.1, 0.15) is 0 Å². The Morgan fingerprint density at radius 2 is 1.96 bits per heavy atom. The van der Waals surface area contributed by atoms with Crippen molar-refractivity contribution in [2.75, 3.05) is 19.1 Å². The van der Waals surface area contributed by atoms with Gasteiger partial charge in [-0.1, -0.05) is 0 Å². The SMILES string of the molecule is COc1cc(-c2cc(C)c3c(n2)CN(c2cnn(C)c2)C3=O)cnc1OC. The Bertz CT molecular complexity index is 1040. The molecule has 27 heavy (non-hydrogen) atoms. The molecule has 0 saturated carbocycles. The summed E-state index contributed by atoms with van der Waals surface area (Å²) in [7, 11) is 4.93. The average Bonchev–Trinajstić information content (AvgIpc) is 3.24. The van der Waals surface area contributed by atoms with E-state index < -0.39 is 0 Å². The molecule has 1 amide bonds. The minimum atomic E-state index is -0.0556. The van der Waals surface area contributed by atoms with Crippen LogP contribution in [0.15, 0.2) is 30.7 Å². The van der Waals surface area contributed by atoms with Crippen molar-refractivity contribution in [3.8, 4) is 22.9 Å². The number of fused-ring (bicyclic) bond motifs is 1. The molecule has 0 unspecified atom stereocenters. The minimum Gasteiger partial charge on any atom is -0.491 e. The van der Waals surface area contributed by atoms with Crippen LogP contribution in [0.2, 0.25) is 0 Å². The molecule has 0 N–H and O–H groups in total. The van der Waals surface area contributed by atoms with Gasteiger partial charge in [-0.2, -0.15) is 5.10 Å². The molecule has 0 spiro atoms. The van der Waals surface area contributed by atoms with E-state index in [1.54, 1.807) is 36.2 Å². The quantitative estimate of drug-likeness (QED) is 0.706. The van der Waals surface area contributed by atoms with Gasteiger partial charge in [-0.25, -0.2) is 4.98 Å². The van der Waals surface area contributed by atoms with Crippen molar-refractivity contribution in [1.82, 2.24) is 19.7 Å². The fourth-order valence-corrected chi connectivity index (χ4v) is 3.28. The Labute approximate surface area is 156 Å². The van der Waals surface area contributed by atoms with Crippen LogP contribution in [-0.2, 0) is 13.6 Å². The number of carbonyl (C=O) groups is 1. The zero-order chi connectivity index (χ0) is 19.1. The summed E-state index contributed by atoms with van der Waals surface area (Å²) in [5.74, 6) is 0.889. The molecule has 0 aromatic carbocycles. The Kier molecular flexibility index (Phi) is 4.02. The number of anilines is 1. The van der Waals surface area contributed by atoms with E-state index in [0.29, 0.717) is 23.7 Å². The molecule has 8 heteroatoms. The molecular formula is C19H19N5O3. The molecule has 8 nitrogen and oxygen atoms in total. The molecule has 1 aliphatic heterocycles. The van der Waals surface area contributed by atoms with E-state index in [9.17, 15) is 4.79 Å². The lowest BCUT2D eigenvalue weighted by atomic mass is 10.1. The number of ether oxygens (including phenoxy) is 2. The van der Waals surface area contributed by atoms with E-state index >= 15 is 0 Å². The normalized spacial score (nSPS) is 13.0. The Morgan fingerprint density at radius 3 is 2.63 bits per heavy atom. The zero-order valence-electron chi connectivity index (χ0n) is 15.6. The van der Waals surface area contributed by atoms with Gasteiger partial charge in [0.15, 0.2) is 5.75 Å². The lowest BCUT2D eigenvalue weighted by molar-refractivity contribution is 0.0996. The van der Waals surface area contributed by atoms with Gasteiger partial charge in [0.25, 0.3) is 11.8 Å². The van der Waals surface area contributed by atoms with E-state index in [-0.39, 0.29) is 5.91 Å². The molecular weight excluding hydrogens is 346 g/mol. The third-order valence-electron chi connectivity index (χ3n) is 4.59. The van der Waals surface area contributed by atoms with Crippen LogP contribution < -0.4 is 14.4 Å². The van der Waals surface area contributed by atoms with Crippen LogP contribution in [0.1, 0.15) is 21.6 Å². The summed E-state index contributed by atoms with van der Waals surface area (Å²) in [6.45, 7) is 2.33. The topological polar surface area (TPSA) is 82.4 Å². The number of rotatable bonds is 4.